The molecule has 0 N–H and O–H groups in total. The maximum atomic E-state index is 4.22. The molecule has 0 unspecified atom stereocenters. The van der Waals surface area contributed by atoms with Gasteiger partial charge in [-0.1, -0.05) is 19.9 Å². The third-order valence-corrected chi connectivity index (χ3v) is 1.44. The summed E-state index contributed by atoms with van der Waals surface area (Å²) < 4.78 is 0. The molecule has 0 aromatic heterocycles. The lowest BCUT2D eigenvalue weighted by Crippen LogP contribution is -2.08. The maximum Gasteiger partial charge on any atom is 0.0357 e. The molecule has 74 valence electrons. The fourth-order valence-corrected chi connectivity index (χ4v) is 0.748. The van der Waals surface area contributed by atoms with Gasteiger partial charge in [0.15, 0.2) is 0 Å². The summed E-state index contributed by atoms with van der Waals surface area (Å²) in [4.78, 5) is 8.41. The Labute approximate surface area is 81.5 Å². The van der Waals surface area contributed by atoms with Crippen molar-refractivity contribution in [2.45, 2.75) is 34.6 Å². The van der Waals surface area contributed by atoms with Crippen molar-refractivity contribution >= 4 is 11.9 Å². The monoisotopic (exact) mass is 180 g/mol. The van der Waals surface area contributed by atoms with E-state index in [9.17, 15) is 0 Å². The van der Waals surface area contributed by atoms with Gasteiger partial charge in [0.1, 0.15) is 0 Å². The largest absolute Gasteiger partial charge is 0.297 e. The predicted octanol–water partition coefficient (Wildman–Crippen LogP) is 3.10. The van der Waals surface area contributed by atoms with Crippen molar-refractivity contribution in [3.05, 3.63) is 12.3 Å². The minimum atomic E-state index is 0.00889. The number of allylic oxidation sites excluding steroid dienone is 1. The first-order valence-corrected chi connectivity index (χ1v) is 4.67. The average Bonchev–Trinajstić information content (AvgIpc) is 2.00. The number of aliphatic imine (C=N–C) groups is 2. The molecule has 0 aliphatic rings. The quantitative estimate of drug-likeness (QED) is 0.594. The van der Waals surface area contributed by atoms with Crippen LogP contribution in [0, 0.1) is 5.41 Å². The Morgan fingerprint density at radius 1 is 1.31 bits per heavy atom. The van der Waals surface area contributed by atoms with Gasteiger partial charge in [-0.2, -0.15) is 0 Å². The minimum absolute atomic E-state index is 0.00889. The number of hydrogen-bond acceptors (Lipinski definition) is 2. The van der Waals surface area contributed by atoms with Gasteiger partial charge in [-0.3, -0.25) is 9.98 Å². The zero-order valence-corrected chi connectivity index (χ0v) is 9.33. The van der Waals surface area contributed by atoms with Crippen molar-refractivity contribution in [3.63, 3.8) is 0 Å². The van der Waals surface area contributed by atoms with Crippen molar-refractivity contribution in [1.29, 1.82) is 0 Å². The second-order valence-electron chi connectivity index (χ2n) is 3.84. The second kappa shape index (κ2) is 5.68. The van der Waals surface area contributed by atoms with E-state index in [-0.39, 0.29) is 5.41 Å². The molecular formula is C11H20N2. The van der Waals surface area contributed by atoms with E-state index in [0.29, 0.717) is 0 Å². The number of nitrogens with zero attached hydrogens (tertiary/aromatic N) is 2. The van der Waals surface area contributed by atoms with E-state index in [0.717, 1.165) is 12.3 Å². The highest BCUT2D eigenvalue weighted by Gasteiger charge is 2.08. The first kappa shape index (κ1) is 12.1. The summed E-state index contributed by atoms with van der Waals surface area (Å²) in [6.07, 6.45) is 5.86. The SMILES string of the molecule is CCN=CC(C)(C)/C=C\N=C(C)C. The van der Waals surface area contributed by atoms with Gasteiger partial charge in [0.25, 0.3) is 0 Å². The molecule has 0 spiro atoms. The van der Waals surface area contributed by atoms with E-state index in [1.54, 1.807) is 0 Å². The van der Waals surface area contributed by atoms with E-state index >= 15 is 0 Å². The molecule has 0 atom stereocenters. The lowest BCUT2D eigenvalue weighted by Gasteiger charge is -2.11. The van der Waals surface area contributed by atoms with Crippen molar-refractivity contribution in [3.8, 4) is 0 Å². The van der Waals surface area contributed by atoms with Crippen LogP contribution in [0.15, 0.2) is 22.3 Å². The lowest BCUT2D eigenvalue weighted by molar-refractivity contribution is 0.688. The van der Waals surface area contributed by atoms with Gasteiger partial charge in [-0.05, 0) is 20.8 Å². The molecule has 0 bridgehead atoms. The van der Waals surface area contributed by atoms with E-state index < -0.39 is 0 Å². The van der Waals surface area contributed by atoms with Crippen LogP contribution in [0.4, 0.5) is 0 Å². The van der Waals surface area contributed by atoms with Gasteiger partial charge in [0.05, 0.1) is 0 Å². The van der Waals surface area contributed by atoms with Gasteiger partial charge in [0, 0.05) is 30.1 Å². The summed E-state index contributed by atoms with van der Waals surface area (Å²) in [5, 5.41) is 0. The summed E-state index contributed by atoms with van der Waals surface area (Å²) >= 11 is 0. The van der Waals surface area contributed by atoms with E-state index in [1.807, 2.05) is 33.2 Å². The highest BCUT2D eigenvalue weighted by Crippen LogP contribution is 2.13. The summed E-state index contributed by atoms with van der Waals surface area (Å²) in [5.74, 6) is 0. The molecule has 0 radical (unpaired) electrons. The Morgan fingerprint density at radius 3 is 2.38 bits per heavy atom. The van der Waals surface area contributed by atoms with E-state index in [4.69, 9.17) is 0 Å². The fraction of sp³-hybridized carbons (Fsp3) is 0.636. The third-order valence-electron chi connectivity index (χ3n) is 1.44. The standard InChI is InChI=1S/C11H20N2/c1-6-12-9-11(4,5)7-8-13-10(2)3/h7-9H,6H2,1-5H3/b8-7-,12-9?. The van der Waals surface area contributed by atoms with Crippen LogP contribution in [-0.2, 0) is 0 Å². The van der Waals surface area contributed by atoms with Crippen molar-refractivity contribution in [2.24, 2.45) is 15.4 Å². The topological polar surface area (TPSA) is 24.7 Å². The minimum Gasteiger partial charge on any atom is -0.297 e. The normalized spacial score (nSPS) is 12.7. The molecule has 0 fully saturated rings. The summed E-state index contributed by atoms with van der Waals surface area (Å²) in [5.41, 5.74) is 1.08. The second-order valence-corrected chi connectivity index (χ2v) is 3.84. The Balaban J connectivity index is 4.24. The molecule has 13 heavy (non-hydrogen) atoms. The van der Waals surface area contributed by atoms with E-state index in [1.165, 1.54) is 0 Å². The molecule has 0 aromatic rings. The van der Waals surface area contributed by atoms with Crippen LogP contribution >= 0.6 is 0 Å². The van der Waals surface area contributed by atoms with E-state index in [2.05, 4.69) is 29.9 Å². The molecule has 0 aromatic carbocycles. The molecule has 0 heterocycles. The summed E-state index contributed by atoms with van der Waals surface area (Å²) in [6, 6.07) is 0. The molecule has 0 amide bonds. The van der Waals surface area contributed by atoms with Gasteiger partial charge >= 0.3 is 0 Å². The number of hydrogen-bond donors (Lipinski definition) is 0. The Morgan fingerprint density at radius 2 is 1.92 bits per heavy atom. The molecule has 0 aliphatic heterocycles. The fourth-order valence-electron chi connectivity index (χ4n) is 0.748. The molecule has 0 rings (SSSR count). The van der Waals surface area contributed by atoms with Gasteiger partial charge in [0.2, 0.25) is 0 Å². The molecule has 2 nitrogen and oxygen atoms in total. The van der Waals surface area contributed by atoms with Gasteiger partial charge in [-0.15, -0.1) is 0 Å². The lowest BCUT2D eigenvalue weighted by atomic mass is 9.95. The summed E-state index contributed by atoms with van der Waals surface area (Å²) in [7, 11) is 0. The van der Waals surface area contributed by atoms with Gasteiger partial charge < -0.3 is 0 Å². The first-order chi connectivity index (χ1) is 5.98. The molecule has 0 aliphatic carbocycles. The Hall–Kier alpha value is -0.920. The third kappa shape index (κ3) is 7.44. The Bertz CT molecular complexity index is 218. The van der Waals surface area contributed by atoms with Crippen LogP contribution < -0.4 is 0 Å². The maximum absolute atomic E-state index is 4.22. The van der Waals surface area contributed by atoms with Crippen LogP contribution in [-0.4, -0.2) is 18.5 Å². The van der Waals surface area contributed by atoms with Crippen LogP contribution in [0.5, 0.6) is 0 Å². The highest BCUT2D eigenvalue weighted by molar-refractivity contribution is 5.79. The van der Waals surface area contributed by atoms with Gasteiger partial charge in [-0.25, -0.2) is 0 Å². The highest BCUT2D eigenvalue weighted by atomic mass is 14.7. The van der Waals surface area contributed by atoms with Crippen LogP contribution in [0.25, 0.3) is 0 Å². The predicted molar refractivity (Wildman–Crippen MR) is 60.7 cm³/mol. The van der Waals surface area contributed by atoms with Crippen LogP contribution in [0.3, 0.4) is 0 Å². The molecular weight excluding hydrogens is 160 g/mol. The first-order valence-electron chi connectivity index (χ1n) is 4.67. The zero-order chi connectivity index (χ0) is 10.3. The summed E-state index contributed by atoms with van der Waals surface area (Å²) in [6.45, 7) is 11.1. The van der Waals surface area contributed by atoms with Crippen molar-refractivity contribution < 1.29 is 0 Å². The molecule has 2 heteroatoms. The number of rotatable bonds is 4. The molecule has 0 saturated carbocycles. The average molecular weight is 180 g/mol. The van der Waals surface area contributed by atoms with Crippen LogP contribution in [0.2, 0.25) is 0 Å². The smallest absolute Gasteiger partial charge is 0.0357 e. The molecule has 0 saturated heterocycles. The van der Waals surface area contributed by atoms with Crippen molar-refractivity contribution in [1.82, 2.24) is 0 Å². The van der Waals surface area contributed by atoms with Crippen LogP contribution in [0.1, 0.15) is 34.6 Å². The van der Waals surface area contributed by atoms with Crippen molar-refractivity contribution in [2.75, 3.05) is 6.54 Å². The Kier molecular flexibility index (Phi) is 5.28. The zero-order valence-electron chi connectivity index (χ0n) is 9.33.